The Morgan fingerprint density at radius 2 is 1.95 bits per heavy atom. The number of rotatable bonds is 9. The van der Waals surface area contributed by atoms with Crippen molar-refractivity contribution >= 4 is 29.3 Å². The number of β-amino-alcohol motifs (C(OH)–C–C–N with tert-alkyl or cyclic N) is 1. The molecule has 0 bridgehead atoms. The zero-order valence-electron chi connectivity index (χ0n) is 21.7. The monoisotopic (exact) mass is 570 g/mol. The van der Waals surface area contributed by atoms with E-state index in [-0.39, 0.29) is 48.1 Å². The number of hydrogen-bond donors (Lipinski definition) is 3. The van der Waals surface area contributed by atoms with Crippen molar-refractivity contribution < 1.29 is 32.3 Å². The topological polar surface area (TPSA) is 142 Å². The van der Waals surface area contributed by atoms with Crippen molar-refractivity contribution in [2.24, 2.45) is 0 Å². The number of benzene rings is 1. The van der Waals surface area contributed by atoms with E-state index in [1.54, 1.807) is 6.20 Å². The van der Waals surface area contributed by atoms with E-state index >= 15 is 0 Å². The van der Waals surface area contributed by atoms with Crippen molar-refractivity contribution in [3.63, 3.8) is 0 Å². The number of amides is 3. The van der Waals surface area contributed by atoms with Crippen LogP contribution in [0.4, 0.5) is 35.3 Å². The molecule has 0 aliphatic carbocycles. The van der Waals surface area contributed by atoms with Gasteiger partial charge in [0.25, 0.3) is 5.91 Å². The maximum atomic E-state index is 13.2. The van der Waals surface area contributed by atoms with E-state index in [0.29, 0.717) is 24.3 Å². The van der Waals surface area contributed by atoms with E-state index in [1.165, 1.54) is 32.8 Å². The molecule has 15 heteroatoms. The number of nitrogens with zero attached hydrogens (tertiary/aromatic N) is 6. The van der Waals surface area contributed by atoms with Crippen LogP contribution in [0.25, 0.3) is 17.1 Å². The maximum Gasteiger partial charge on any atom is 0.405 e. The van der Waals surface area contributed by atoms with Crippen molar-refractivity contribution in [3.05, 3.63) is 66.3 Å². The van der Waals surface area contributed by atoms with Gasteiger partial charge in [-0.25, -0.2) is 19.4 Å². The lowest BCUT2D eigenvalue weighted by Crippen LogP contribution is -2.34. The third-order valence-electron chi connectivity index (χ3n) is 6.18. The summed E-state index contributed by atoms with van der Waals surface area (Å²) in [5.74, 6) is -0.490. The molecule has 0 spiro atoms. The highest BCUT2D eigenvalue weighted by atomic mass is 19.4. The van der Waals surface area contributed by atoms with Gasteiger partial charge in [-0.05, 0) is 31.2 Å². The molecule has 0 unspecified atom stereocenters. The fourth-order valence-corrected chi connectivity index (χ4v) is 4.14. The van der Waals surface area contributed by atoms with Gasteiger partial charge in [0, 0.05) is 31.4 Å². The van der Waals surface area contributed by atoms with Crippen molar-refractivity contribution in [2.75, 3.05) is 48.3 Å². The molecule has 3 amide bonds. The Kier molecular flexibility index (Phi) is 7.61. The number of aliphatic hydroxyl groups is 1. The molecule has 214 valence electrons. The molecule has 0 radical (unpaired) electrons. The summed E-state index contributed by atoms with van der Waals surface area (Å²) in [7, 11) is 0. The minimum Gasteiger partial charge on any atom is -0.444 e. The van der Waals surface area contributed by atoms with Crippen LogP contribution in [-0.2, 0) is 0 Å². The van der Waals surface area contributed by atoms with Crippen LogP contribution < -0.4 is 15.5 Å². The summed E-state index contributed by atoms with van der Waals surface area (Å²) >= 11 is 0. The fourth-order valence-electron chi connectivity index (χ4n) is 4.14. The SMILES string of the molecule is Cc1ccc(-n2cc(NC(=O)c3coc(-c4ccnc(NCC(F)(F)F)c4)n3)c(N3CCN(CCO)C3=O)n2)cc1. The third-order valence-corrected chi connectivity index (χ3v) is 6.18. The lowest BCUT2D eigenvalue weighted by Gasteiger charge is -2.17. The molecular formula is C26H25F3N8O4. The lowest BCUT2D eigenvalue weighted by atomic mass is 10.2. The predicted molar refractivity (Wildman–Crippen MR) is 142 cm³/mol. The van der Waals surface area contributed by atoms with Crippen molar-refractivity contribution in [1.82, 2.24) is 24.6 Å². The van der Waals surface area contributed by atoms with Gasteiger partial charge in [-0.1, -0.05) is 17.7 Å². The Morgan fingerprint density at radius 1 is 1.17 bits per heavy atom. The number of aryl methyl sites for hydroxylation is 1. The number of halogens is 3. The number of nitrogens with one attached hydrogen (secondary N) is 2. The summed E-state index contributed by atoms with van der Waals surface area (Å²) in [6.07, 6.45) is -0.448. The van der Waals surface area contributed by atoms with Crippen LogP contribution in [0.5, 0.6) is 0 Å². The predicted octanol–water partition coefficient (Wildman–Crippen LogP) is 3.69. The minimum absolute atomic E-state index is 0.00227. The van der Waals surface area contributed by atoms with Gasteiger partial charge in [0.2, 0.25) is 5.89 Å². The number of carbonyl (C=O) groups excluding carboxylic acids is 2. The molecule has 4 heterocycles. The van der Waals surface area contributed by atoms with Gasteiger partial charge in [0.05, 0.1) is 18.5 Å². The van der Waals surface area contributed by atoms with E-state index in [9.17, 15) is 27.9 Å². The van der Waals surface area contributed by atoms with E-state index in [1.807, 2.05) is 31.2 Å². The van der Waals surface area contributed by atoms with Crippen molar-refractivity contribution in [1.29, 1.82) is 0 Å². The highest BCUT2D eigenvalue weighted by Gasteiger charge is 2.33. The lowest BCUT2D eigenvalue weighted by molar-refractivity contribution is -0.115. The average molecular weight is 571 g/mol. The van der Waals surface area contributed by atoms with Crippen LogP contribution in [0.2, 0.25) is 0 Å². The van der Waals surface area contributed by atoms with Crippen LogP contribution in [0.15, 0.2) is 59.5 Å². The van der Waals surface area contributed by atoms with Crippen molar-refractivity contribution in [2.45, 2.75) is 13.1 Å². The Morgan fingerprint density at radius 3 is 2.68 bits per heavy atom. The standard InChI is InChI=1S/C26H25F3N8O4/c1-16-2-4-18(5-3-16)37-13-19(22(34-37)36-9-8-35(10-11-38)25(36)40)32-23(39)20-14-41-24(33-20)17-6-7-30-21(12-17)31-15-26(27,28)29/h2-7,12-14,38H,8-11,15H2,1H3,(H,30,31)(H,32,39). The van der Waals surface area contributed by atoms with Crippen LogP contribution in [0.3, 0.4) is 0 Å². The highest BCUT2D eigenvalue weighted by molar-refractivity contribution is 6.06. The minimum atomic E-state index is -4.42. The molecule has 1 aliphatic heterocycles. The maximum absolute atomic E-state index is 13.2. The molecule has 3 N–H and O–H groups in total. The Balaban J connectivity index is 1.39. The molecule has 5 rings (SSSR count). The molecule has 1 aliphatic rings. The first-order valence-corrected chi connectivity index (χ1v) is 12.5. The molecule has 0 saturated carbocycles. The molecule has 1 fully saturated rings. The summed E-state index contributed by atoms with van der Waals surface area (Å²) in [5.41, 5.74) is 2.19. The quantitative estimate of drug-likeness (QED) is 0.277. The number of aromatic nitrogens is 4. The first-order chi connectivity index (χ1) is 19.6. The summed E-state index contributed by atoms with van der Waals surface area (Å²) in [6, 6.07) is 9.93. The number of alkyl halides is 3. The normalized spacial score (nSPS) is 13.6. The number of carbonyl (C=O) groups is 2. The van der Waals surface area contributed by atoms with Crippen LogP contribution in [0, 0.1) is 6.92 Å². The third kappa shape index (κ3) is 6.30. The zero-order valence-corrected chi connectivity index (χ0v) is 21.7. The van der Waals surface area contributed by atoms with Gasteiger partial charge in [-0.15, -0.1) is 5.10 Å². The number of anilines is 3. The summed E-state index contributed by atoms with van der Waals surface area (Å²) < 4.78 is 44.6. The van der Waals surface area contributed by atoms with E-state index in [4.69, 9.17) is 4.42 Å². The largest absolute Gasteiger partial charge is 0.444 e. The number of oxazole rings is 1. The number of aliphatic hydroxyl groups excluding tert-OH is 1. The van der Waals surface area contributed by atoms with Gasteiger partial charge in [0.1, 0.15) is 24.3 Å². The summed E-state index contributed by atoms with van der Waals surface area (Å²) in [6.45, 7) is 1.34. The molecule has 1 aromatic carbocycles. The van der Waals surface area contributed by atoms with Gasteiger partial charge in [-0.2, -0.15) is 13.2 Å². The molecular weight excluding hydrogens is 545 g/mol. The number of pyridine rings is 1. The molecule has 1 saturated heterocycles. The van der Waals surface area contributed by atoms with Gasteiger partial charge < -0.3 is 25.1 Å². The molecule has 4 aromatic rings. The molecule has 3 aromatic heterocycles. The molecule has 41 heavy (non-hydrogen) atoms. The van der Waals surface area contributed by atoms with Gasteiger partial charge in [-0.3, -0.25) is 9.69 Å². The van der Waals surface area contributed by atoms with Crippen LogP contribution >= 0.6 is 0 Å². The van der Waals surface area contributed by atoms with E-state index in [2.05, 4.69) is 25.7 Å². The summed E-state index contributed by atoms with van der Waals surface area (Å²) in [4.78, 5) is 37.1. The second kappa shape index (κ2) is 11.3. The van der Waals surface area contributed by atoms with E-state index < -0.39 is 18.6 Å². The smallest absolute Gasteiger partial charge is 0.405 e. The first-order valence-electron chi connectivity index (χ1n) is 12.5. The van der Waals surface area contributed by atoms with Crippen LogP contribution in [0.1, 0.15) is 16.1 Å². The van der Waals surface area contributed by atoms with Crippen LogP contribution in [-0.4, -0.2) is 80.7 Å². The zero-order chi connectivity index (χ0) is 29.1. The Hall–Kier alpha value is -4.92. The Bertz CT molecular complexity index is 1550. The van der Waals surface area contributed by atoms with Gasteiger partial charge >= 0.3 is 12.2 Å². The van der Waals surface area contributed by atoms with E-state index in [0.717, 1.165) is 11.8 Å². The van der Waals surface area contributed by atoms with Crippen molar-refractivity contribution in [3.8, 4) is 17.1 Å². The van der Waals surface area contributed by atoms with Gasteiger partial charge in [0.15, 0.2) is 11.5 Å². The fraction of sp³-hybridized carbons (Fsp3) is 0.269. The highest BCUT2D eigenvalue weighted by Crippen LogP contribution is 2.30. The average Bonchev–Trinajstić information content (AvgIpc) is 3.68. The number of hydrogen-bond acceptors (Lipinski definition) is 8. The second-order valence-corrected chi connectivity index (χ2v) is 9.18. The first kappa shape index (κ1) is 27.6. The number of urea groups is 1. The second-order valence-electron chi connectivity index (χ2n) is 9.18. The molecule has 0 atom stereocenters. The Labute approximate surface area is 231 Å². The summed E-state index contributed by atoms with van der Waals surface area (Å²) in [5, 5.41) is 18.7. The molecule has 12 nitrogen and oxygen atoms in total.